The predicted octanol–water partition coefficient (Wildman–Crippen LogP) is 1.32. The van der Waals surface area contributed by atoms with Gasteiger partial charge in [0.2, 0.25) is 0 Å². The monoisotopic (exact) mass is 290 g/mol. The number of aromatic nitrogens is 1. The molecule has 2 fully saturated rings. The SMILES string of the molecule is CC1(C)[C@H](NC(=O)c2ccc(C(=O)O)nc2)[C@H]2CCO[C@H]21. The molecule has 1 aliphatic heterocycles. The number of amides is 1. The van der Waals surface area contributed by atoms with Gasteiger partial charge >= 0.3 is 5.97 Å². The topological polar surface area (TPSA) is 88.5 Å². The minimum Gasteiger partial charge on any atom is -0.477 e. The number of carboxylic acids is 1. The van der Waals surface area contributed by atoms with E-state index >= 15 is 0 Å². The number of nitrogens with one attached hydrogen (secondary N) is 1. The van der Waals surface area contributed by atoms with Gasteiger partial charge in [-0.3, -0.25) is 4.79 Å². The van der Waals surface area contributed by atoms with Crippen molar-refractivity contribution in [2.24, 2.45) is 11.3 Å². The van der Waals surface area contributed by atoms with Crippen molar-refractivity contribution >= 4 is 11.9 Å². The molecule has 3 rings (SSSR count). The van der Waals surface area contributed by atoms with E-state index in [1.807, 2.05) is 0 Å². The number of hydrogen-bond donors (Lipinski definition) is 2. The van der Waals surface area contributed by atoms with E-state index in [0.717, 1.165) is 13.0 Å². The van der Waals surface area contributed by atoms with Crippen LogP contribution in [-0.2, 0) is 4.74 Å². The quantitative estimate of drug-likeness (QED) is 0.876. The molecule has 6 nitrogen and oxygen atoms in total. The van der Waals surface area contributed by atoms with Crippen LogP contribution < -0.4 is 5.32 Å². The molecule has 21 heavy (non-hydrogen) atoms. The normalized spacial score (nSPS) is 29.3. The number of fused-ring (bicyclic) bond motifs is 1. The van der Waals surface area contributed by atoms with Crippen LogP contribution in [-0.4, -0.2) is 40.7 Å². The maximum Gasteiger partial charge on any atom is 0.354 e. The van der Waals surface area contributed by atoms with E-state index in [1.165, 1.54) is 18.3 Å². The Hall–Kier alpha value is -1.95. The fourth-order valence-corrected chi connectivity index (χ4v) is 3.50. The number of hydrogen-bond acceptors (Lipinski definition) is 4. The zero-order valence-corrected chi connectivity index (χ0v) is 12.0. The summed E-state index contributed by atoms with van der Waals surface area (Å²) in [5.41, 5.74) is 0.226. The molecule has 6 heteroatoms. The van der Waals surface area contributed by atoms with Gasteiger partial charge in [0, 0.05) is 30.2 Å². The summed E-state index contributed by atoms with van der Waals surface area (Å²) in [5, 5.41) is 11.8. The molecule has 1 saturated carbocycles. The number of carboxylic acid groups (broad SMARTS) is 1. The Morgan fingerprint density at radius 3 is 2.81 bits per heavy atom. The second-order valence-corrected chi connectivity index (χ2v) is 6.25. The molecule has 2 heterocycles. The summed E-state index contributed by atoms with van der Waals surface area (Å²) in [6.07, 6.45) is 2.48. The molecule has 0 radical (unpaired) electrons. The van der Waals surface area contributed by atoms with E-state index in [2.05, 4.69) is 24.1 Å². The van der Waals surface area contributed by atoms with Gasteiger partial charge in [-0.2, -0.15) is 0 Å². The number of carbonyl (C=O) groups excluding carboxylic acids is 1. The minimum atomic E-state index is -1.10. The van der Waals surface area contributed by atoms with Crippen LogP contribution in [0.2, 0.25) is 0 Å². The largest absolute Gasteiger partial charge is 0.477 e. The van der Waals surface area contributed by atoms with Gasteiger partial charge in [0.05, 0.1) is 11.7 Å². The van der Waals surface area contributed by atoms with Gasteiger partial charge < -0.3 is 15.2 Å². The van der Waals surface area contributed by atoms with Crippen molar-refractivity contribution in [3.05, 3.63) is 29.6 Å². The number of aromatic carboxylic acids is 1. The minimum absolute atomic E-state index is 0.0696. The Kier molecular flexibility index (Phi) is 3.20. The average Bonchev–Trinajstić information content (AvgIpc) is 2.91. The number of carbonyl (C=O) groups is 2. The highest BCUT2D eigenvalue weighted by molar-refractivity contribution is 5.95. The summed E-state index contributed by atoms with van der Waals surface area (Å²) < 4.78 is 5.70. The average molecular weight is 290 g/mol. The summed E-state index contributed by atoms with van der Waals surface area (Å²) in [7, 11) is 0. The maximum atomic E-state index is 12.3. The highest BCUT2D eigenvalue weighted by atomic mass is 16.5. The molecular formula is C15H18N2O4. The summed E-state index contributed by atoms with van der Waals surface area (Å²) in [4.78, 5) is 26.8. The van der Waals surface area contributed by atoms with Crippen molar-refractivity contribution in [2.75, 3.05) is 6.61 Å². The molecular weight excluding hydrogens is 272 g/mol. The molecule has 112 valence electrons. The standard InChI is InChI=1S/C15H18N2O4/c1-15(2)11(9-5-6-21-12(9)15)17-13(18)8-3-4-10(14(19)20)16-7-8/h3-4,7,9,11-12H,5-6H2,1-2H3,(H,17,18)(H,19,20)/t9-,11-,12-/m1/s1. The Morgan fingerprint density at radius 1 is 1.43 bits per heavy atom. The van der Waals surface area contributed by atoms with Crippen LogP contribution in [0.15, 0.2) is 18.3 Å². The lowest BCUT2D eigenvalue weighted by Gasteiger charge is -2.54. The third-order valence-electron chi connectivity index (χ3n) is 4.63. The molecule has 1 aliphatic carbocycles. The summed E-state index contributed by atoms with van der Waals surface area (Å²) in [6, 6.07) is 2.90. The van der Waals surface area contributed by atoms with Crippen LogP contribution in [0.4, 0.5) is 0 Å². The van der Waals surface area contributed by atoms with Crippen LogP contribution in [0.1, 0.15) is 41.1 Å². The molecule has 0 spiro atoms. The smallest absolute Gasteiger partial charge is 0.354 e. The first-order valence-corrected chi connectivity index (χ1v) is 7.03. The van der Waals surface area contributed by atoms with Crippen molar-refractivity contribution in [2.45, 2.75) is 32.4 Å². The van der Waals surface area contributed by atoms with E-state index in [-0.39, 0.29) is 29.2 Å². The van der Waals surface area contributed by atoms with E-state index in [1.54, 1.807) is 0 Å². The first-order chi connectivity index (χ1) is 9.91. The van der Waals surface area contributed by atoms with E-state index in [9.17, 15) is 9.59 Å². The van der Waals surface area contributed by atoms with Gasteiger partial charge in [-0.15, -0.1) is 0 Å². The first-order valence-electron chi connectivity index (χ1n) is 7.03. The Bertz CT molecular complexity index is 582. The Balaban J connectivity index is 1.70. The van der Waals surface area contributed by atoms with Gasteiger partial charge in [-0.1, -0.05) is 13.8 Å². The molecule has 0 unspecified atom stereocenters. The molecule has 0 aromatic carbocycles. The second kappa shape index (κ2) is 4.80. The van der Waals surface area contributed by atoms with Crippen molar-refractivity contribution in [1.29, 1.82) is 0 Å². The maximum absolute atomic E-state index is 12.3. The van der Waals surface area contributed by atoms with Crippen molar-refractivity contribution in [1.82, 2.24) is 10.3 Å². The van der Waals surface area contributed by atoms with Gasteiger partial charge in [-0.05, 0) is 18.6 Å². The highest BCUT2D eigenvalue weighted by Crippen LogP contribution is 2.52. The van der Waals surface area contributed by atoms with Crippen LogP contribution in [0, 0.1) is 11.3 Å². The van der Waals surface area contributed by atoms with E-state index in [4.69, 9.17) is 9.84 Å². The van der Waals surface area contributed by atoms with Crippen molar-refractivity contribution < 1.29 is 19.4 Å². The fraction of sp³-hybridized carbons (Fsp3) is 0.533. The molecule has 1 saturated heterocycles. The summed E-state index contributed by atoms with van der Waals surface area (Å²) in [6.45, 7) is 4.94. The molecule has 1 amide bonds. The molecule has 1 aromatic rings. The molecule has 2 aliphatic rings. The zero-order chi connectivity index (χ0) is 15.2. The number of rotatable bonds is 3. The predicted molar refractivity (Wildman–Crippen MR) is 74.1 cm³/mol. The molecule has 0 bridgehead atoms. The lowest BCUT2D eigenvalue weighted by Crippen LogP contribution is -2.66. The Morgan fingerprint density at radius 2 is 2.19 bits per heavy atom. The molecule has 3 atom stereocenters. The highest BCUT2D eigenvalue weighted by Gasteiger charge is 2.59. The van der Waals surface area contributed by atoms with Gasteiger partial charge in [0.1, 0.15) is 5.69 Å². The zero-order valence-electron chi connectivity index (χ0n) is 12.0. The third-order valence-corrected chi connectivity index (χ3v) is 4.63. The summed E-state index contributed by atoms with van der Waals surface area (Å²) in [5.74, 6) is -0.953. The van der Waals surface area contributed by atoms with Crippen LogP contribution in [0.25, 0.3) is 0 Å². The number of ether oxygens (including phenoxy) is 1. The van der Waals surface area contributed by atoms with Gasteiger partial charge in [0.25, 0.3) is 5.91 Å². The fourth-order valence-electron chi connectivity index (χ4n) is 3.50. The van der Waals surface area contributed by atoms with Crippen LogP contribution >= 0.6 is 0 Å². The lowest BCUT2D eigenvalue weighted by atomic mass is 9.57. The van der Waals surface area contributed by atoms with Gasteiger partial charge in [-0.25, -0.2) is 9.78 Å². The van der Waals surface area contributed by atoms with Gasteiger partial charge in [0.15, 0.2) is 0 Å². The third kappa shape index (κ3) is 2.19. The Labute approximate surface area is 122 Å². The lowest BCUT2D eigenvalue weighted by molar-refractivity contribution is -0.108. The van der Waals surface area contributed by atoms with Crippen molar-refractivity contribution in [3.8, 4) is 0 Å². The molecule has 1 aromatic heterocycles. The van der Waals surface area contributed by atoms with Crippen LogP contribution in [0.5, 0.6) is 0 Å². The summed E-state index contributed by atoms with van der Waals surface area (Å²) >= 11 is 0. The van der Waals surface area contributed by atoms with E-state index in [0.29, 0.717) is 11.5 Å². The second-order valence-electron chi connectivity index (χ2n) is 6.25. The van der Waals surface area contributed by atoms with Crippen LogP contribution in [0.3, 0.4) is 0 Å². The van der Waals surface area contributed by atoms with Crippen molar-refractivity contribution in [3.63, 3.8) is 0 Å². The first kappa shape index (κ1) is 14.0. The van der Waals surface area contributed by atoms with E-state index < -0.39 is 5.97 Å². The number of nitrogens with zero attached hydrogens (tertiary/aromatic N) is 1. The number of pyridine rings is 1. The molecule has 2 N–H and O–H groups in total.